The number of carbonyl (C=O) groups is 1. The SMILES string of the molecule is COC(=O)C(C#N)=C1/C(=C/c2cccc(OC)c2)CC/C1=C\c1cccc(OC)c1. The number of benzene rings is 2. The molecule has 5 heteroatoms. The van der Waals surface area contributed by atoms with E-state index in [1.165, 1.54) is 7.11 Å². The highest BCUT2D eigenvalue weighted by Gasteiger charge is 2.27. The highest BCUT2D eigenvalue weighted by atomic mass is 16.5. The number of hydrogen-bond donors (Lipinski definition) is 0. The Morgan fingerprint density at radius 1 is 0.900 bits per heavy atom. The summed E-state index contributed by atoms with van der Waals surface area (Å²) >= 11 is 0. The van der Waals surface area contributed by atoms with Crippen LogP contribution in [0, 0.1) is 11.3 Å². The number of esters is 1. The van der Waals surface area contributed by atoms with Crippen molar-refractivity contribution >= 4 is 18.1 Å². The number of nitrogens with zero attached hydrogens (tertiary/aromatic N) is 1. The number of rotatable bonds is 5. The number of carbonyl (C=O) groups excluding carboxylic acids is 1. The normalized spacial score (nSPS) is 15.7. The number of ether oxygens (including phenoxy) is 3. The number of hydrogen-bond acceptors (Lipinski definition) is 5. The molecule has 0 bridgehead atoms. The van der Waals surface area contributed by atoms with E-state index >= 15 is 0 Å². The second-order valence-electron chi connectivity index (χ2n) is 6.75. The molecule has 1 aliphatic carbocycles. The van der Waals surface area contributed by atoms with Crippen LogP contribution in [0.4, 0.5) is 0 Å². The highest BCUT2D eigenvalue weighted by molar-refractivity contribution is 5.97. The molecule has 0 saturated heterocycles. The van der Waals surface area contributed by atoms with Crippen molar-refractivity contribution in [2.75, 3.05) is 21.3 Å². The molecule has 30 heavy (non-hydrogen) atoms. The largest absolute Gasteiger partial charge is 0.497 e. The Morgan fingerprint density at radius 2 is 1.40 bits per heavy atom. The van der Waals surface area contributed by atoms with Gasteiger partial charge in [-0.2, -0.15) is 5.26 Å². The first-order valence-corrected chi connectivity index (χ1v) is 9.52. The van der Waals surface area contributed by atoms with Crippen molar-refractivity contribution < 1.29 is 19.0 Å². The average molecular weight is 401 g/mol. The van der Waals surface area contributed by atoms with Crippen molar-refractivity contribution in [2.24, 2.45) is 0 Å². The van der Waals surface area contributed by atoms with Crippen LogP contribution in [0.2, 0.25) is 0 Å². The first-order chi connectivity index (χ1) is 14.6. The van der Waals surface area contributed by atoms with E-state index < -0.39 is 5.97 Å². The summed E-state index contributed by atoms with van der Waals surface area (Å²) in [4.78, 5) is 12.3. The molecule has 0 aromatic heterocycles. The lowest BCUT2D eigenvalue weighted by atomic mass is 9.97. The first-order valence-electron chi connectivity index (χ1n) is 9.52. The summed E-state index contributed by atoms with van der Waals surface area (Å²) < 4.78 is 15.5. The van der Waals surface area contributed by atoms with Gasteiger partial charge in [0.1, 0.15) is 23.1 Å². The van der Waals surface area contributed by atoms with E-state index in [9.17, 15) is 10.1 Å². The maximum absolute atomic E-state index is 12.3. The zero-order valence-corrected chi connectivity index (χ0v) is 17.3. The van der Waals surface area contributed by atoms with E-state index in [2.05, 4.69) is 0 Å². The monoisotopic (exact) mass is 401 g/mol. The minimum atomic E-state index is -0.637. The minimum absolute atomic E-state index is 0.0123. The summed E-state index contributed by atoms with van der Waals surface area (Å²) in [5, 5.41) is 9.72. The summed E-state index contributed by atoms with van der Waals surface area (Å²) in [6.07, 6.45) is 5.41. The zero-order chi connectivity index (χ0) is 21.5. The van der Waals surface area contributed by atoms with Crippen LogP contribution in [0.15, 0.2) is 70.8 Å². The Bertz CT molecular complexity index is 1020. The number of methoxy groups -OCH3 is 3. The van der Waals surface area contributed by atoms with E-state index in [4.69, 9.17) is 14.2 Å². The van der Waals surface area contributed by atoms with Crippen LogP contribution in [-0.2, 0) is 9.53 Å². The lowest BCUT2D eigenvalue weighted by Crippen LogP contribution is -2.07. The third-order valence-electron chi connectivity index (χ3n) is 4.93. The molecular weight excluding hydrogens is 378 g/mol. The molecule has 0 aliphatic heterocycles. The lowest BCUT2D eigenvalue weighted by Gasteiger charge is -2.09. The summed E-state index contributed by atoms with van der Waals surface area (Å²) in [5.74, 6) is 0.851. The second-order valence-corrected chi connectivity index (χ2v) is 6.75. The molecule has 5 nitrogen and oxygen atoms in total. The van der Waals surface area contributed by atoms with Gasteiger partial charge in [-0.1, -0.05) is 36.4 Å². The van der Waals surface area contributed by atoms with Gasteiger partial charge in [-0.05, 0) is 59.4 Å². The van der Waals surface area contributed by atoms with Crippen molar-refractivity contribution in [2.45, 2.75) is 12.8 Å². The number of nitriles is 1. The summed E-state index contributed by atoms with van der Waals surface area (Å²) in [7, 11) is 4.52. The van der Waals surface area contributed by atoms with E-state index in [1.807, 2.05) is 66.8 Å². The zero-order valence-electron chi connectivity index (χ0n) is 17.3. The predicted molar refractivity (Wildman–Crippen MR) is 116 cm³/mol. The van der Waals surface area contributed by atoms with Gasteiger partial charge in [0, 0.05) is 5.57 Å². The van der Waals surface area contributed by atoms with Crippen LogP contribution in [0.1, 0.15) is 24.0 Å². The van der Waals surface area contributed by atoms with Crippen molar-refractivity contribution in [3.8, 4) is 17.6 Å². The molecular formula is C25H23NO4. The summed E-state index contributed by atoms with van der Waals surface area (Å²) in [6.45, 7) is 0. The summed E-state index contributed by atoms with van der Waals surface area (Å²) in [5.41, 5.74) is 4.35. The fourth-order valence-corrected chi connectivity index (χ4v) is 3.51. The number of allylic oxidation sites excluding steroid dienone is 3. The topological polar surface area (TPSA) is 68.6 Å². The van der Waals surface area contributed by atoms with Crippen LogP contribution in [0.3, 0.4) is 0 Å². The smallest absolute Gasteiger partial charge is 0.349 e. The van der Waals surface area contributed by atoms with Crippen molar-refractivity contribution in [1.29, 1.82) is 5.26 Å². The Balaban J connectivity index is 2.13. The molecule has 0 unspecified atom stereocenters. The van der Waals surface area contributed by atoms with Gasteiger partial charge in [0.2, 0.25) is 0 Å². The quantitative estimate of drug-likeness (QED) is 0.402. The van der Waals surface area contributed by atoms with Crippen LogP contribution in [0.25, 0.3) is 12.2 Å². The van der Waals surface area contributed by atoms with Crippen LogP contribution in [0.5, 0.6) is 11.5 Å². The maximum atomic E-state index is 12.3. The first kappa shape index (κ1) is 20.9. The molecule has 1 aliphatic rings. The van der Waals surface area contributed by atoms with E-state index in [1.54, 1.807) is 14.2 Å². The molecule has 0 amide bonds. The van der Waals surface area contributed by atoms with Crippen LogP contribution < -0.4 is 9.47 Å². The molecule has 152 valence electrons. The van der Waals surface area contributed by atoms with Crippen LogP contribution >= 0.6 is 0 Å². The molecule has 0 atom stereocenters. The second kappa shape index (κ2) is 9.62. The Hall–Kier alpha value is -3.78. The van der Waals surface area contributed by atoms with Gasteiger partial charge in [-0.15, -0.1) is 0 Å². The van der Waals surface area contributed by atoms with Crippen molar-refractivity contribution in [3.63, 3.8) is 0 Å². The maximum Gasteiger partial charge on any atom is 0.349 e. The van der Waals surface area contributed by atoms with Gasteiger partial charge < -0.3 is 14.2 Å². The Morgan fingerprint density at radius 3 is 1.80 bits per heavy atom. The van der Waals surface area contributed by atoms with Gasteiger partial charge in [0.15, 0.2) is 0 Å². The molecule has 2 aromatic rings. The molecule has 0 spiro atoms. The molecule has 3 rings (SSSR count). The van der Waals surface area contributed by atoms with E-state index in [-0.39, 0.29) is 5.57 Å². The van der Waals surface area contributed by atoms with Gasteiger partial charge >= 0.3 is 5.97 Å². The van der Waals surface area contributed by atoms with E-state index in [0.29, 0.717) is 18.4 Å². The van der Waals surface area contributed by atoms with Gasteiger partial charge in [-0.3, -0.25) is 0 Å². The summed E-state index contributed by atoms with van der Waals surface area (Å²) in [6, 6.07) is 17.3. The standard InChI is InChI=1S/C25H23NO4/c1-28-21-8-4-6-17(14-21)12-19-10-11-20(24(19)23(16-26)25(27)30-3)13-18-7-5-9-22(15-18)29-2/h4-9,12-15H,10-11H2,1-3H3/b19-12+,20-13+. The highest BCUT2D eigenvalue weighted by Crippen LogP contribution is 2.40. The van der Waals surface area contributed by atoms with Crippen LogP contribution in [-0.4, -0.2) is 27.3 Å². The lowest BCUT2D eigenvalue weighted by molar-refractivity contribution is -0.135. The fourth-order valence-electron chi connectivity index (χ4n) is 3.51. The van der Waals surface area contributed by atoms with Crippen molar-refractivity contribution in [1.82, 2.24) is 0 Å². The van der Waals surface area contributed by atoms with Gasteiger partial charge in [0.05, 0.1) is 21.3 Å². The van der Waals surface area contributed by atoms with Crippen molar-refractivity contribution in [3.05, 3.63) is 82.0 Å². The molecule has 1 saturated carbocycles. The predicted octanol–water partition coefficient (Wildman–Crippen LogP) is 4.96. The van der Waals surface area contributed by atoms with Gasteiger partial charge in [0.25, 0.3) is 0 Å². The third-order valence-corrected chi connectivity index (χ3v) is 4.93. The van der Waals surface area contributed by atoms with E-state index in [0.717, 1.165) is 33.8 Å². The molecule has 0 radical (unpaired) electrons. The molecule has 1 fully saturated rings. The molecule has 0 heterocycles. The minimum Gasteiger partial charge on any atom is -0.497 e. The molecule has 0 N–H and O–H groups in total. The third kappa shape index (κ3) is 4.61. The molecule has 2 aromatic carbocycles. The van der Waals surface area contributed by atoms with Gasteiger partial charge in [-0.25, -0.2) is 4.79 Å². The average Bonchev–Trinajstić information content (AvgIpc) is 3.16. The fraction of sp³-hybridized carbons (Fsp3) is 0.200. The Labute approximate surface area is 176 Å². The Kier molecular flexibility index (Phi) is 6.71.